The Labute approximate surface area is 102 Å². The summed E-state index contributed by atoms with van der Waals surface area (Å²) >= 11 is 0. The molecule has 0 aliphatic heterocycles. The normalized spacial score (nSPS) is 18.5. The average molecular weight is 235 g/mol. The molecule has 0 saturated heterocycles. The fourth-order valence-corrected chi connectivity index (χ4v) is 2.33. The van der Waals surface area contributed by atoms with Gasteiger partial charge in [0, 0.05) is 18.7 Å². The fraction of sp³-hybridized carbons (Fsp3) is 0.692. The predicted molar refractivity (Wildman–Crippen MR) is 66.7 cm³/mol. The van der Waals surface area contributed by atoms with Crippen LogP contribution in [-0.2, 0) is 11.2 Å². The first kappa shape index (κ1) is 12.3. The fourth-order valence-electron chi connectivity index (χ4n) is 2.33. The van der Waals surface area contributed by atoms with Gasteiger partial charge in [0.05, 0.1) is 18.2 Å². The number of rotatable bonds is 5. The van der Waals surface area contributed by atoms with Gasteiger partial charge in [0.1, 0.15) is 5.78 Å². The Hall–Kier alpha value is -1.16. The van der Waals surface area contributed by atoms with Crippen molar-refractivity contribution in [1.29, 1.82) is 0 Å². The molecule has 94 valence electrons. The summed E-state index contributed by atoms with van der Waals surface area (Å²) in [6.45, 7) is 2.29. The molecule has 0 spiro atoms. The van der Waals surface area contributed by atoms with Crippen molar-refractivity contribution < 1.29 is 4.79 Å². The maximum atomic E-state index is 11.7. The monoisotopic (exact) mass is 235 g/mol. The van der Waals surface area contributed by atoms with Crippen molar-refractivity contribution in [3.05, 3.63) is 18.0 Å². The largest absolute Gasteiger partial charge is 0.330 e. The van der Waals surface area contributed by atoms with Crippen LogP contribution in [0, 0.1) is 5.92 Å². The Morgan fingerprint density at radius 3 is 2.94 bits per heavy atom. The zero-order chi connectivity index (χ0) is 12.3. The summed E-state index contributed by atoms with van der Waals surface area (Å²) < 4.78 is 2.03. The molecule has 1 aliphatic rings. The van der Waals surface area contributed by atoms with Gasteiger partial charge in [-0.3, -0.25) is 9.48 Å². The standard InChI is InChI=1S/C13H21N3O/c1-10(9-14)13(17)8-11-6-7-16(15-11)12-4-2-3-5-12/h6-7,10,12H,2-5,8-9,14H2,1H3. The quantitative estimate of drug-likeness (QED) is 0.845. The smallest absolute Gasteiger partial charge is 0.142 e. The van der Waals surface area contributed by atoms with Gasteiger partial charge < -0.3 is 5.73 Å². The second kappa shape index (κ2) is 5.45. The van der Waals surface area contributed by atoms with Crippen LogP contribution in [0.1, 0.15) is 44.3 Å². The third kappa shape index (κ3) is 2.94. The molecule has 2 N–H and O–H groups in total. The lowest BCUT2D eigenvalue weighted by atomic mass is 10.0. The van der Waals surface area contributed by atoms with Crippen LogP contribution in [0.2, 0.25) is 0 Å². The predicted octanol–water partition coefficient (Wildman–Crippen LogP) is 1.70. The van der Waals surface area contributed by atoms with E-state index in [4.69, 9.17) is 5.73 Å². The maximum Gasteiger partial charge on any atom is 0.142 e. The second-order valence-corrected chi connectivity index (χ2v) is 5.01. The van der Waals surface area contributed by atoms with Crippen molar-refractivity contribution >= 4 is 5.78 Å². The number of hydrogen-bond donors (Lipinski definition) is 1. The third-order valence-corrected chi connectivity index (χ3v) is 3.62. The number of Topliss-reactive ketones (excluding diaryl/α,β-unsaturated/α-hetero) is 1. The molecule has 1 aliphatic carbocycles. The van der Waals surface area contributed by atoms with E-state index in [1.54, 1.807) is 0 Å². The summed E-state index contributed by atoms with van der Waals surface area (Å²) in [6.07, 6.45) is 7.44. The van der Waals surface area contributed by atoms with Crippen molar-refractivity contribution in [1.82, 2.24) is 9.78 Å². The average Bonchev–Trinajstić information content (AvgIpc) is 2.97. The first-order valence-corrected chi connectivity index (χ1v) is 6.47. The lowest BCUT2D eigenvalue weighted by Crippen LogP contribution is -2.22. The Morgan fingerprint density at radius 1 is 1.59 bits per heavy atom. The van der Waals surface area contributed by atoms with E-state index in [9.17, 15) is 4.79 Å². The number of ketones is 1. The molecule has 0 bridgehead atoms. The summed E-state index contributed by atoms with van der Waals surface area (Å²) in [5.74, 6) is 0.121. The molecule has 1 atom stereocenters. The third-order valence-electron chi connectivity index (χ3n) is 3.62. The molecule has 0 aromatic carbocycles. The number of carbonyl (C=O) groups excluding carboxylic acids is 1. The molecular weight excluding hydrogens is 214 g/mol. The van der Waals surface area contributed by atoms with Crippen LogP contribution in [0.3, 0.4) is 0 Å². The minimum Gasteiger partial charge on any atom is -0.330 e. The number of nitrogens with two attached hydrogens (primary N) is 1. The molecule has 1 unspecified atom stereocenters. The van der Waals surface area contributed by atoms with Crippen LogP contribution in [0.5, 0.6) is 0 Å². The van der Waals surface area contributed by atoms with E-state index in [1.165, 1.54) is 25.7 Å². The first-order valence-electron chi connectivity index (χ1n) is 6.47. The molecule has 1 aromatic heterocycles. The van der Waals surface area contributed by atoms with Gasteiger partial charge in [0.15, 0.2) is 0 Å². The highest BCUT2D eigenvalue weighted by molar-refractivity contribution is 5.82. The summed E-state index contributed by atoms with van der Waals surface area (Å²) in [7, 11) is 0. The van der Waals surface area contributed by atoms with Crippen molar-refractivity contribution in [2.24, 2.45) is 11.7 Å². The Bertz CT molecular complexity index is 380. The SMILES string of the molecule is CC(CN)C(=O)Cc1ccn(C2CCCC2)n1. The van der Waals surface area contributed by atoms with E-state index in [1.807, 2.05) is 23.9 Å². The number of aromatic nitrogens is 2. The van der Waals surface area contributed by atoms with E-state index < -0.39 is 0 Å². The summed E-state index contributed by atoms with van der Waals surface area (Å²) in [6, 6.07) is 2.50. The van der Waals surface area contributed by atoms with Crippen molar-refractivity contribution in [2.45, 2.75) is 45.1 Å². The summed E-state index contributed by atoms with van der Waals surface area (Å²) in [5.41, 5.74) is 6.36. The minimum absolute atomic E-state index is 0.0633. The van der Waals surface area contributed by atoms with Gasteiger partial charge in [-0.25, -0.2) is 0 Å². The minimum atomic E-state index is -0.0633. The van der Waals surface area contributed by atoms with Crippen LogP contribution in [0.4, 0.5) is 0 Å². The van der Waals surface area contributed by atoms with E-state index in [2.05, 4.69) is 5.10 Å². The molecule has 1 heterocycles. The van der Waals surface area contributed by atoms with E-state index >= 15 is 0 Å². The Balaban J connectivity index is 1.96. The molecule has 1 saturated carbocycles. The lowest BCUT2D eigenvalue weighted by Gasteiger charge is -2.09. The number of hydrogen-bond acceptors (Lipinski definition) is 3. The van der Waals surface area contributed by atoms with Crippen LogP contribution >= 0.6 is 0 Å². The van der Waals surface area contributed by atoms with Crippen molar-refractivity contribution in [3.63, 3.8) is 0 Å². The molecule has 1 aromatic rings. The van der Waals surface area contributed by atoms with Crippen LogP contribution < -0.4 is 5.73 Å². The summed E-state index contributed by atoms with van der Waals surface area (Å²) in [5, 5.41) is 4.50. The van der Waals surface area contributed by atoms with Crippen LogP contribution in [0.15, 0.2) is 12.3 Å². The second-order valence-electron chi connectivity index (χ2n) is 5.01. The first-order chi connectivity index (χ1) is 8.20. The Kier molecular flexibility index (Phi) is 3.94. The van der Waals surface area contributed by atoms with Gasteiger partial charge in [0.2, 0.25) is 0 Å². The van der Waals surface area contributed by atoms with E-state index in [0.717, 1.165) is 5.69 Å². The molecule has 4 heteroatoms. The number of nitrogens with zero attached hydrogens (tertiary/aromatic N) is 2. The zero-order valence-corrected chi connectivity index (χ0v) is 10.4. The van der Waals surface area contributed by atoms with E-state index in [0.29, 0.717) is 19.0 Å². The molecule has 2 rings (SSSR count). The topological polar surface area (TPSA) is 60.9 Å². The molecule has 0 radical (unpaired) electrons. The van der Waals surface area contributed by atoms with Crippen molar-refractivity contribution in [2.75, 3.05) is 6.54 Å². The molecule has 17 heavy (non-hydrogen) atoms. The number of carbonyl (C=O) groups is 1. The highest BCUT2D eigenvalue weighted by Crippen LogP contribution is 2.28. The molecule has 4 nitrogen and oxygen atoms in total. The van der Waals surface area contributed by atoms with Gasteiger partial charge >= 0.3 is 0 Å². The Morgan fingerprint density at radius 2 is 2.29 bits per heavy atom. The van der Waals surface area contributed by atoms with Gasteiger partial charge in [-0.15, -0.1) is 0 Å². The van der Waals surface area contributed by atoms with Crippen LogP contribution in [-0.4, -0.2) is 22.1 Å². The zero-order valence-electron chi connectivity index (χ0n) is 10.4. The van der Waals surface area contributed by atoms with Crippen LogP contribution in [0.25, 0.3) is 0 Å². The molecular formula is C13H21N3O. The highest BCUT2D eigenvalue weighted by Gasteiger charge is 2.18. The van der Waals surface area contributed by atoms with Gasteiger partial charge in [-0.05, 0) is 18.9 Å². The lowest BCUT2D eigenvalue weighted by molar-refractivity contribution is -0.121. The molecule has 0 amide bonds. The van der Waals surface area contributed by atoms with Gasteiger partial charge in [-0.2, -0.15) is 5.10 Å². The van der Waals surface area contributed by atoms with E-state index in [-0.39, 0.29) is 11.7 Å². The van der Waals surface area contributed by atoms with Gasteiger partial charge in [-0.1, -0.05) is 19.8 Å². The van der Waals surface area contributed by atoms with Crippen molar-refractivity contribution in [3.8, 4) is 0 Å². The van der Waals surface area contributed by atoms with Gasteiger partial charge in [0.25, 0.3) is 0 Å². The maximum absolute atomic E-state index is 11.7. The summed E-state index contributed by atoms with van der Waals surface area (Å²) in [4.78, 5) is 11.7. The highest BCUT2D eigenvalue weighted by atomic mass is 16.1. The molecule has 1 fully saturated rings.